The maximum absolute atomic E-state index is 12.7. The molecule has 0 saturated carbocycles. The summed E-state index contributed by atoms with van der Waals surface area (Å²) in [4.78, 5) is 36.4. The van der Waals surface area contributed by atoms with Gasteiger partial charge in [-0.05, 0) is 36.2 Å². The van der Waals surface area contributed by atoms with Gasteiger partial charge >= 0.3 is 0 Å². The lowest BCUT2D eigenvalue weighted by Gasteiger charge is -2.26. The van der Waals surface area contributed by atoms with Crippen molar-refractivity contribution in [3.05, 3.63) is 70.5 Å². The number of hydrogen-bond donors (Lipinski definition) is 1. The Kier molecular flexibility index (Phi) is 6.04. The first-order valence-corrected chi connectivity index (χ1v) is 10.6. The van der Waals surface area contributed by atoms with E-state index >= 15 is 0 Å². The Bertz CT molecular complexity index is 1030. The van der Waals surface area contributed by atoms with Crippen LogP contribution in [0.2, 0.25) is 0 Å². The average Bonchev–Trinajstić information content (AvgIpc) is 3.19. The van der Waals surface area contributed by atoms with Crippen LogP contribution in [0.5, 0.6) is 5.75 Å². The number of ether oxygens (including phenoxy) is 1. The third kappa shape index (κ3) is 4.65. The second-order valence-corrected chi connectivity index (χ2v) is 8.05. The van der Waals surface area contributed by atoms with E-state index < -0.39 is 0 Å². The summed E-state index contributed by atoms with van der Waals surface area (Å²) in [6.45, 7) is 1.18. The Morgan fingerprint density at radius 3 is 2.77 bits per heavy atom. The molecule has 2 amide bonds. The number of anilines is 1. The predicted molar refractivity (Wildman–Crippen MR) is 115 cm³/mol. The smallest absolute Gasteiger partial charge is 0.276 e. The molecule has 2 aromatic heterocycles. The molecule has 3 aromatic rings. The molecule has 7 nitrogen and oxygen atoms in total. The van der Waals surface area contributed by atoms with Gasteiger partial charge < -0.3 is 9.64 Å². The van der Waals surface area contributed by atoms with Gasteiger partial charge in [-0.1, -0.05) is 29.5 Å². The number of thiazole rings is 1. The number of pyridine rings is 1. The molecule has 3 heterocycles. The van der Waals surface area contributed by atoms with Crippen LogP contribution in [-0.2, 0) is 24.2 Å². The number of nitrogens with one attached hydrogen (secondary N) is 1. The maximum atomic E-state index is 12.7. The van der Waals surface area contributed by atoms with Gasteiger partial charge in [0.15, 0.2) is 5.13 Å². The third-order valence-electron chi connectivity index (χ3n) is 4.99. The van der Waals surface area contributed by atoms with Crippen molar-refractivity contribution in [2.24, 2.45) is 0 Å². The lowest BCUT2D eigenvalue weighted by atomic mass is 10.1. The van der Waals surface area contributed by atoms with Crippen molar-refractivity contribution in [3.63, 3.8) is 0 Å². The van der Waals surface area contributed by atoms with Crippen molar-refractivity contribution in [1.29, 1.82) is 0 Å². The Morgan fingerprint density at radius 1 is 1.20 bits per heavy atom. The minimum absolute atomic E-state index is 0.129. The van der Waals surface area contributed by atoms with Crippen LogP contribution in [0.25, 0.3) is 0 Å². The lowest BCUT2D eigenvalue weighted by molar-refractivity contribution is -0.132. The highest BCUT2D eigenvalue weighted by molar-refractivity contribution is 7.15. The molecule has 154 valence electrons. The monoisotopic (exact) mass is 422 g/mol. The number of nitrogens with zero attached hydrogens (tertiary/aromatic N) is 3. The zero-order chi connectivity index (χ0) is 20.9. The van der Waals surface area contributed by atoms with Gasteiger partial charge in [-0.2, -0.15) is 0 Å². The van der Waals surface area contributed by atoms with Crippen LogP contribution in [0.1, 0.15) is 33.0 Å². The first-order valence-electron chi connectivity index (χ1n) is 9.74. The summed E-state index contributed by atoms with van der Waals surface area (Å²) in [6.07, 6.45) is 3.43. The highest BCUT2D eigenvalue weighted by Crippen LogP contribution is 2.29. The van der Waals surface area contributed by atoms with Crippen molar-refractivity contribution >= 4 is 28.3 Å². The molecule has 0 spiro atoms. The summed E-state index contributed by atoms with van der Waals surface area (Å²) in [5.41, 5.74) is 2.41. The van der Waals surface area contributed by atoms with E-state index in [1.165, 1.54) is 11.3 Å². The van der Waals surface area contributed by atoms with Gasteiger partial charge in [-0.15, -0.1) is 0 Å². The Hall–Kier alpha value is -3.26. The fourth-order valence-electron chi connectivity index (χ4n) is 3.32. The molecule has 0 atom stereocenters. The first-order chi connectivity index (χ1) is 14.6. The zero-order valence-corrected chi connectivity index (χ0v) is 17.4. The summed E-state index contributed by atoms with van der Waals surface area (Å²) >= 11 is 1.42. The van der Waals surface area contributed by atoms with Crippen molar-refractivity contribution in [2.75, 3.05) is 19.0 Å². The molecular weight excluding hydrogens is 400 g/mol. The summed E-state index contributed by atoms with van der Waals surface area (Å²) in [6, 6.07) is 13.0. The fraction of sp³-hybridized carbons (Fsp3) is 0.273. The van der Waals surface area contributed by atoms with E-state index in [2.05, 4.69) is 15.3 Å². The minimum Gasteiger partial charge on any atom is -0.497 e. The average molecular weight is 423 g/mol. The number of aromatic nitrogens is 2. The van der Waals surface area contributed by atoms with E-state index in [-0.39, 0.29) is 11.8 Å². The number of rotatable bonds is 6. The minimum atomic E-state index is -0.283. The van der Waals surface area contributed by atoms with Gasteiger partial charge in [0.1, 0.15) is 11.4 Å². The van der Waals surface area contributed by atoms with Crippen LogP contribution in [-0.4, -0.2) is 40.3 Å². The third-order valence-corrected chi connectivity index (χ3v) is 5.99. The van der Waals surface area contributed by atoms with Gasteiger partial charge in [0.25, 0.3) is 5.91 Å². The molecule has 1 aliphatic rings. The van der Waals surface area contributed by atoms with Crippen molar-refractivity contribution in [2.45, 2.75) is 25.8 Å². The SMILES string of the molecule is COc1ccc(CCC(=O)N2CCc3nc(NC(=O)c4ccccn4)sc3C2)cc1. The largest absolute Gasteiger partial charge is 0.497 e. The van der Waals surface area contributed by atoms with Crippen LogP contribution >= 0.6 is 11.3 Å². The fourth-order valence-corrected chi connectivity index (χ4v) is 4.34. The Balaban J connectivity index is 1.34. The van der Waals surface area contributed by atoms with Crippen molar-refractivity contribution in [1.82, 2.24) is 14.9 Å². The number of carbonyl (C=O) groups is 2. The Labute approximate surface area is 178 Å². The number of hydrogen-bond acceptors (Lipinski definition) is 6. The van der Waals surface area contributed by atoms with E-state index in [0.29, 0.717) is 43.2 Å². The van der Waals surface area contributed by atoms with E-state index in [4.69, 9.17) is 4.74 Å². The molecule has 0 saturated heterocycles. The number of benzene rings is 1. The maximum Gasteiger partial charge on any atom is 0.276 e. The molecule has 0 radical (unpaired) electrons. The van der Waals surface area contributed by atoms with E-state index in [1.807, 2.05) is 29.2 Å². The summed E-state index contributed by atoms with van der Waals surface area (Å²) in [7, 11) is 1.64. The van der Waals surface area contributed by atoms with Gasteiger partial charge in [-0.3, -0.25) is 19.9 Å². The highest BCUT2D eigenvalue weighted by atomic mass is 32.1. The molecule has 30 heavy (non-hydrogen) atoms. The van der Waals surface area contributed by atoms with Crippen LogP contribution in [0.15, 0.2) is 48.7 Å². The molecule has 1 aliphatic heterocycles. The molecular formula is C22H22N4O3S. The first kappa shape index (κ1) is 20.0. The van der Waals surface area contributed by atoms with E-state index in [0.717, 1.165) is 21.9 Å². The number of fused-ring (bicyclic) bond motifs is 1. The molecule has 8 heteroatoms. The summed E-state index contributed by atoms with van der Waals surface area (Å²) < 4.78 is 5.16. The van der Waals surface area contributed by atoms with Gasteiger partial charge in [-0.25, -0.2) is 4.98 Å². The van der Waals surface area contributed by atoms with Crippen LogP contribution in [0.4, 0.5) is 5.13 Å². The summed E-state index contributed by atoms with van der Waals surface area (Å²) in [5, 5.41) is 3.35. The second-order valence-electron chi connectivity index (χ2n) is 6.97. The molecule has 4 rings (SSSR count). The number of aryl methyl sites for hydroxylation is 1. The predicted octanol–water partition coefficient (Wildman–Crippen LogP) is 3.32. The molecule has 1 N–H and O–H groups in total. The standard InChI is InChI=1S/C22H22N4O3S/c1-29-16-8-5-15(6-9-16)7-10-20(27)26-13-11-17-19(14-26)30-22(24-17)25-21(28)18-4-2-3-12-23-18/h2-6,8-9,12H,7,10-11,13-14H2,1H3,(H,24,25,28). The van der Waals surface area contributed by atoms with Crippen LogP contribution in [0.3, 0.4) is 0 Å². The molecule has 0 fully saturated rings. The highest BCUT2D eigenvalue weighted by Gasteiger charge is 2.24. The van der Waals surface area contributed by atoms with Crippen molar-refractivity contribution in [3.8, 4) is 5.75 Å². The zero-order valence-electron chi connectivity index (χ0n) is 16.6. The molecule has 1 aromatic carbocycles. The van der Waals surface area contributed by atoms with E-state index in [1.54, 1.807) is 31.5 Å². The van der Waals surface area contributed by atoms with Crippen molar-refractivity contribution < 1.29 is 14.3 Å². The Morgan fingerprint density at radius 2 is 2.03 bits per heavy atom. The van der Waals surface area contributed by atoms with Crippen LogP contribution in [0, 0.1) is 0 Å². The van der Waals surface area contributed by atoms with Gasteiger partial charge in [0, 0.05) is 30.5 Å². The number of methoxy groups -OCH3 is 1. The second kappa shape index (κ2) is 9.04. The molecule has 0 unspecified atom stereocenters. The topological polar surface area (TPSA) is 84.4 Å². The summed E-state index contributed by atoms with van der Waals surface area (Å²) in [5.74, 6) is 0.655. The normalized spacial score (nSPS) is 12.9. The molecule has 0 aliphatic carbocycles. The van der Waals surface area contributed by atoms with E-state index in [9.17, 15) is 9.59 Å². The lowest BCUT2D eigenvalue weighted by Crippen LogP contribution is -2.35. The quantitative estimate of drug-likeness (QED) is 0.659. The number of amides is 2. The molecule has 0 bridgehead atoms. The van der Waals surface area contributed by atoms with Crippen LogP contribution < -0.4 is 10.1 Å². The number of carbonyl (C=O) groups excluding carboxylic acids is 2. The van der Waals surface area contributed by atoms with Gasteiger partial charge in [0.05, 0.1) is 19.3 Å². The van der Waals surface area contributed by atoms with Gasteiger partial charge in [0.2, 0.25) is 5.91 Å².